The first-order chi connectivity index (χ1) is 17.2. The summed E-state index contributed by atoms with van der Waals surface area (Å²) in [5.74, 6) is -2.67. The lowest BCUT2D eigenvalue weighted by molar-refractivity contribution is -0.384. The predicted octanol–water partition coefficient (Wildman–Crippen LogP) is 4.36. The maximum Gasteiger partial charge on any atom is 0.487 e. The number of amides is 2. The monoisotopic (exact) mass is 510 g/mol. The highest BCUT2D eigenvalue weighted by Gasteiger charge is 2.58. The van der Waals surface area contributed by atoms with Gasteiger partial charge in [0.1, 0.15) is 5.75 Å². The van der Waals surface area contributed by atoms with Crippen molar-refractivity contribution in [3.8, 4) is 5.75 Å². The van der Waals surface area contributed by atoms with E-state index in [1.807, 2.05) is 6.92 Å². The molecule has 0 unspecified atom stereocenters. The number of phenols is 1. The average molecular weight is 511 g/mol. The fourth-order valence-electron chi connectivity index (χ4n) is 5.93. The summed E-state index contributed by atoms with van der Waals surface area (Å²) >= 11 is 6.35. The molecule has 2 amide bonds. The van der Waals surface area contributed by atoms with Gasteiger partial charge in [0, 0.05) is 17.2 Å². The lowest BCUT2D eigenvalue weighted by Crippen LogP contribution is -2.45. The fraction of sp³-hybridized carbons (Fsp3) is 0.360. The number of benzene rings is 2. The van der Waals surface area contributed by atoms with Crippen LogP contribution in [0.5, 0.6) is 5.75 Å². The van der Waals surface area contributed by atoms with Crippen LogP contribution in [0.1, 0.15) is 44.3 Å². The van der Waals surface area contributed by atoms with Crippen LogP contribution in [0.2, 0.25) is 5.02 Å². The van der Waals surface area contributed by atoms with E-state index >= 15 is 0 Å². The van der Waals surface area contributed by atoms with Gasteiger partial charge in [0.25, 0.3) is 5.69 Å². The number of anilines is 1. The maximum absolute atomic E-state index is 13.7. The Morgan fingerprint density at radius 1 is 1.19 bits per heavy atom. The minimum absolute atomic E-state index is 0.00665. The number of nitro groups is 1. The second-order valence-electron chi connectivity index (χ2n) is 9.46. The van der Waals surface area contributed by atoms with Crippen LogP contribution in [-0.2, 0) is 14.2 Å². The number of rotatable bonds is 5. The topological polar surface area (TPSA) is 130 Å². The normalized spacial score (nSPS) is 25.8. The lowest BCUT2D eigenvalue weighted by atomic mass is 9.54. The molecule has 9 nitrogen and oxygen atoms in total. The van der Waals surface area contributed by atoms with E-state index in [9.17, 15) is 29.8 Å². The van der Waals surface area contributed by atoms with Crippen LogP contribution in [0, 0.1) is 27.9 Å². The highest BCUT2D eigenvalue weighted by Crippen LogP contribution is 2.53. The summed E-state index contributed by atoms with van der Waals surface area (Å²) in [6, 6.07) is 9.98. The van der Waals surface area contributed by atoms with Gasteiger partial charge in [-0.05, 0) is 54.4 Å². The van der Waals surface area contributed by atoms with Gasteiger partial charge in [-0.25, -0.2) is 4.90 Å². The number of carbonyl (C=O) groups excluding carboxylic acids is 2. The van der Waals surface area contributed by atoms with Gasteiger partial charge in [0.2, 0.25) is 11.8 Å². The number of halogens is 1. The van der Waals surface area contributed by atoms with Crippen molar-refractivity contribution in [1.29, 1.82) is 0 Å². The Hall–Kier alpha value is -3.21. The quantitative estimate of drug-likeness (QED) is 0.264. The molecule has 2 N–H and O–H groups in total. The molecule has 2 aromatic carbocycles. The Kier molecular flexibility index (Phi) is 6.36. The molecule has 0 bridgehead atoms. The summed E-state index contributed by atoms with van der Waals surface area (Å²) in [7, 11) is -1.27. The fourth-order valence-corrected chi connectivity index (χ4v) is 6.22. The number of imide groups is 1. The van der Waals surface area contributed by atoms with Crippen LogP contribution in [0.3, 0.4) is 0 Å². The summed E-state index contributed by atoms with van der Waals surface area (Å²) in [6.45, 7) is 2.00. The van der Waals surface area contributed by atoms with Gasteiger partial charge in [-0.3, -0.25) is 19.7 Å². The largest absolute Gasteiger partial charge is 0.508 e. The summed E-state index contributed by atoms with van der Waals surface area (Å²) in [6.07, 6.45) is 1.43. The maximum atomic E-state index is 13.7. The van der Waals surface area contributed by atoms with Crippen molar-refractivity contribution in [3.63, 3.8) is 0 Å². The van der Waals surface area contributed by atoms with Crippen molar-refractivity contribution >= 4 is 41.9 Å². The molecule has 2 aliphatic heterocycles. The molecule has 3 aliphatic rings. The molecule has 5 rings (SSSR count). The molecular formula is C25H24BClN2O7. The molecule has 11 heteroatoms. The molecule has 2 heterocycles. The summed E-state index contributed by atoms with van der Waals surface area (Å²) in [4.78, 5) is 39.1. The standard InChI is InChI=1S/C25H24BClN2O7/c1-2-4-13-9-19-22(25(32)28(24(19)31)14-5-3-6-15(10-14)29(34)35)18-12-21(36-26(33)23(13)18)17-8-7-16(30)11-20(17)27/h3,5-8,10-11,18-19,21-22,30,33H,2,4,9,12H2,1H3/t18-,19-,21-,22+/m0/s1. The first-order valence-corrected chi connectivity index (χ1v) is 12.2. The van der Waals surface area contributed by atoms with Crippen molar-refractivity contribution in [2.24, 2.45) is 17.8 Å². The van der Waals surface area contributed by atoms with Gasteiger partial charge < -0.3 is 14.8 Å². The van der Waals surface area contributed by atoms with Crippen molar-refractivity contribution in [2.75, 3.05) is 4.90 Å². The van der Waals surface area contributed by atoms with E-state index in [0.717, 1.165) is 16.9 Å². The number of carbonyl (C=O) groups is 2. The van der Waals surface area contributed by atoms with Crippen LogP contribution in [0.25, 0.3) is 0 Å². The zero-order valence-corrected chi connectivity index (χ0v) is 20.2. The molecule has 2 saturated heterocycles. The van der Waals surface area contributed by atoms with Crippen LogP contribution >= 0.6 is 11.6 Å². The Labute approximate surface area is 212 Å². The van der Waals surface area contributed by atoms with E-state index in [-0.39, 0.29) is 22.1 Å². The number of fused-ring (bicyclic) bond motifs is 3. The minimum atomic E-state index is -1.27. The van der Waals surface area contributed by atoms with Crippen LogP contribution in [-0.4, -0.2) is 34.0 Å². The zero-order chi connectivity index (χ0) is 25.7. The van der Waals surface area contributed by atoms with Gasteiger partial charge in [0.15, 0.2) is 0 Å². The smallest absolute Gasteiger partial charge is 0.487 e. The average Bonchev–Trinajstić information content (AvgIpc) is 3.08. The van der Waals surface area contributed by atoms with E-state index in [1.165, 1.54) is 36.4 Å². The summed E-state index contributed by atoms with van der Waals surface area (Å²) < 4.78 is 5.95. The molecule has 4 atom stereocenters. The predicted molar refractivity (Wildman–Crippen MR) is 132 cm³/mol. The van der Waals surface area contributed by atoms with Crippen molar-refractivity contribution in [2.45, 2.75) is 38.7 Å². The zero-order valence-electron chi connectivity index (χ0n) is 19.5. The van der Waals surface area contributed by atoms with Crippen LogP contribution in [0.15, 0.2) is 53.5 Å². The molecule has 0 spiro atoms. The minimum Gasteiger partial charge on any atom is -0.508 e. The van der Waals surface area contributed by atoms with E-state index in [2.05, 4.69) is 0 Å². The van der Waals surface area contributed by atoms with Gasteiger partial charge in [-0.15, -0.1) is 0 Å². The van der Waals surface area contributed by atoms with Crippen molar-refractivity contribution in [3.05, 3.63) is 74.2 Å². The Morgan fingerprint density at radius 3 is 2.67 bits per heavy atom. The van der Waals surface area contributed by atoms with Crippen LogP contribution in [0.4, 0.5) is 11.4 Å². The molecule has 186 valence electrons. The number of hydrogen-bond donors (Lipinski definition) is 2. The first-order valence-electron chi connectivity index (χ1n) is 11.9. The first kappa shape index (κ1) is 24.5. The number of aromatic hydroxyl groups is 1. The van der Waals surface area contributed by atoms with Gasteiger partial charge in [-0.2, -0.15) is 0 Å². The molecule has 2 aromatic rings. The van der Waals surface area contributed by atoms with Crippen LogP contribution < -0.4 is 4.90 Å². The van der Waals surface area contributed by atoms with E-state index < -0.39 is 47.7 Å². The number of allylic oxidation sites excluding steroid dienone is 2. The highest BCUT2D eigenvalue weighted by molar-refractivity contribution is 6.53. The van der Waals surface area contributed by atoms with Crippen molar-refractivity contribution < 1.29 is 29.3 Å². The number of phenolic OH excluding ortho intramolecular Hbond substituents is 1. The Bertz CT molecular complexity index is 1300. The number of nitrogens with zero attached hydrogens (tertiary/aromatic N) is 2. The van der Waals surface area contributed by atoms with Crippen molar-refractivity contribution in [1.82, 2.24) is 0 Å². The SMILES string of the molecule is CCCC1=C2B(O)O[C@H](c3ccc(O)cc3Cl)C[C@H]2[C@H]2C(=O)N(c3cccc([N+](=O)[O-])c3)C(=O)[C@H]2C1. The third-order valence-corrected chi connectivity index (χ3v) is 7.72. The third kappa shape index (κ3) is 3.99. The molecular weight excluding hydrogens is 487 g/mol. The molecule has 36 heavy (non-hydrogen) atoms. The highest BCUT2D eigenvalue weighted by atomic mass is 35.5. The summed E-state index contributed by atoms with van der Waals surface area (Å²) in [5, 5.41) is 32.4. The Balaban J connectivity index is 1.55. The van der Waals surface area contributed by atoms with Gasteiger partial charge >= 0.3 is 7.12 Å². The third-order valence-electron chi connectivity index (χ3n) is 7.39. The summed E-state index contributed by atoms with van der Waals surface area (Å²) in [5.41, 5.74) is 2.08. The Morgan fingerprint density at radius 2 is 1.97 bits per heavy atom. The lowest BCUT2D eigenvalue weighted by Gasteiger charge is -2.42. The van der Waals surface area contributed by atoms with E-state index in [4.69, 9.17) is 16.3 Å². The number of hydrogen-bond acceptors (Lipinski definition) is 7. The molecule has 0 radical (unpaired) electrons. The molecule has 0 aromatic heterocycles. The number of non-ortho nitro benzene ring substituents is 1. The number of nitro benzene ring substituents is 1. The van der Waals surface area contributed by atoms with Gasteiger partial charge in [-0.1, -0.05) is 42.7 Å². The molecule has 0 saturated carbocycles. The van der Waals surface area contributed by atoms with E-state index in [1.54, 1.807) is 6.07 Å². The molecule has 1 aliphatic carbocycles. The van der Waals surface area contributed by atoms with Gasteiger partial charge in [0.05, 0.1) is 28.6 Å². The second kappa shape index (κ2) is 9.35. The second-order valence-corrected chi connectivity index (χ2v) is 9.87. The van der Waals surface area contributed by atoms with E-state index in [0.29, 0.717) is 30.3 Å². The molecule has 2 fully saturated rings.